The van der Waals surface area contributed by atoms with Crippen LogP contribution in [0.4, 0.5) is 0 Å². The molecule has 0 radical (unpaired) electrons. The number of aromatic carboxylic acids is 1. The van der Waals surface area contributed by atoms with E-state index in [1.54, 1.807) is 84.9 Å². The van der Waals surface area contributed by atoms with Crippen molar-refractivity contribution in [3.8, 4) is 11.3 Å². The number of furan rings is 1. The third-order valence-corrected chi connectivity index (χ3v) is 5.11. The summed E-state index contributed by atoms with van der Waals surface area (Å²) >= 11 is 0. The van der Waals surface area contributed by atoms with Crippen molar-refractivity contribution in [1.29, 1.82) is 0 Å². The minimum absolute atomic E-state index is 0.180. The lowest BCUT2D eigenvalue weighted by Gasteiger charge is -2.26. The molecular formula is C26H20N2O5. The zero-order valence-corrected chi connectivity index (χ0v) is 17.4. The Morgan fingerprint density at radius 2 is 1.39 bits per heavy atom. The predicted octanol–water partition coefficient (Wildman–Crippen LogP) is 4.03. The number of hydrogen-bond acceptors (Lipinski definition) is 5. The van der Waals surface area contributed by atoms with Crippen molar-refractivity contribution < 1.29 is 24.2 Å². The summed E-state index contributed by atoms with van der Waals surface area (Å²) in [6, 6.07) is 26.9. The molecule has 3 N–H and O–H groups in total. The number of rotatable bonds is 7. The molecule has 4 rings (SSSR count). The van der Waals surface area contributed by atoms with Crippen LogP contribution in [-0.4, -0.2) is 28.3 Å². The lowest BCUT2D eigenvalue weighted by Crippen LogP contribution is -2.43. The van der Waals surface area contributed by atoms with Gasteiger partial charge in [-0.05, 0) is 35.4 Å². The van der Waals surface area contributed by atoms with Crippen molar-refractivity contribution in [2.75, 3.05) is 0 Å². The Labute approximate surface area is 189 Å². The summed E-state index contributed by atoms with van der Waals surface area (Å²) < 4.78 is 5.70. The highest BCUT2D eigenvalue weighted by molar-refractivity contribution is 5.91. The maximum Gasteiger partial charge on any atom is 0.335 e. The van der Waals surface area contributed by atoms with E-state index in [9.17, 15) is 14.7 Å². The number of nitrogens with one attached hydrogen (secondary N) is 1. The van der Waals surface area contributed by atoms with Crippen molar-refractivity contribution in [1.82, 2.24) is 5.43 Å². The molecule has 7 nitrogen and oxygen atoms in total. The molecule has 0 aliphatic heterocycles. The molecule has 3 aromatic carbocycles. The monoisotopic (exact) mass is 440 g/mol. The van der Waals surface area contributed by atoms with Gasteiger partial charge in [0.25, 0.3) is 5.91 Å². The van der Waals surface area contributed by atoms with Gasteiger partial charge in [0.05, 0.1) is 11.8 Å². The fraction of sp³-hybridized carbons (Fsp3) is 0.0385. The predicted molar refractivity (Wildman–Crippen MR) is 123 cm³/mol. The molecule has 0 aliphatic rings. The molecule has 0 spiro atoms. The first-order chi connectivity index (χ1) is 16.0. The Hall–Kier alpha value is -4.49. The zero-order valence-electron chi connectivity index (χ0n) is 17.4. The third kappa shape index (κ3) is 4.58. The normalized spacial score (nSPS) is 11.4. The Kier molecular flexibility index (Phi) is 6.15. The molecule has 0 bridgehead atoms. The van der Waals surface area contributed by atoms with Crippen LogP contribution < -0.4 is 5.43 Å². The van der Waals surface area contributed by atoms with Crippen molar-refractivity contribution in [2.24, 2.45) is 5.10 Å². The molecule has 0 saturated carbocycles. The molecule has 1 aromatic heterocycles. The van der Waals surface area contributed by atoms with E-state index < -0.39 is 17.5 Å². The number of carboxylic acid groups (broad SMARTS) is 1. The van der Waals surface area contributed by atoms with Crippen molar-refractivity contribution >= 4 is 18.1 Å². The number of amides is 1. The second-order valence-corrected chi connectivity index (χ2v) is 7.23. The lowest BCUT2D eigenvalue weighted by atomic mass is 9.85. The largest absolute Gasteiger partial charge is 0.478 e. The Balaban J connectivity index is 1.51. The fourth-order valence-corrected chi connectivity index (χ4v) is 3.38. The molecule has 1 heterocycles. The first-order valence-electron chi connectivity index (χ1n) is 10.1. The summed E-state index contributed by atoms with van der Waals surface area (Å²) in [5.74, 6) is -0.830. The first kappa shape index (κ1) is 21.7. The second kappa shape index (κ2) is 9.33. The number of nitrogens with zero attached hydrogens (tertiary/aromatic N) is 1. The molecule has 0 atom stereocenters. The number of carbonyl (C=O) groups is 2. The van der Waals surface area contributed by atoms with Gasteiger partial charge in [-0.3, -0.25) is 4.79 Å². The van der Waals surface area contributed by atoms with Crippen LogP contribution in [0.5, 0.6) is 0 Å². The van der Waals surface area contributed by atoms with E-state index in [0.717, 1.165) is 0 Å². The second-order valence-electron chi connectivity index (χ2n) is 7.23. The van der Waals surface area contributed by atoms with Crippen molar-refractivity contribution in [3.63, 3.8) is 0 Å². The smallest absolute Gasteiger partial charge is 0.335 e. The van der Waals surface area contributed by atoms with Crippen LogP contribution in [-0.2, 0) is 10.4 Å². The summed E-state index contributed by atoms with van der Waals surface area (Å²) in [5, 5.41) is 24.3. The Bertz CT molecular complexity index is 1240. The maximum absolute atomic E-state index is 13.0. The number of hydrogen-bond donors (Lipinski definition) is 3. The first-order valence-corrected chi connectivity index (χ1v) is 10.1. The van der Waals surface area contributed by atoms with E-state index in [4.69, 9.17) is 9.52 Å². The van der Waals surface area contributed by atoms with Crippen LogP contribution in [0.2, 0.25) is 0 Å². The molecule has 164 valence electrons. The average Bonchev–Trinajstić information content (AvgIpc) is 3.33. The number of carboxylic acids is 1. The zero-order chi connectivity index (χ0) is 23.3. The van der Waals surface area contributed by atoms with E-state index in [0.29, 0.717) is 28.2 Å². The van der Waals surface area contributed by atoms with Crippen LogP contribution in [0.15, 0.2) is 107 Å². The summed E-state index contributed by atoms with van der Waals surface area (Å²) in [6.07, 6.45) is 1.32. The summed E-state index contributed by atoms with van der Waals surface area (Å²) in [7, 11) is 0. The van der Waals surface area contributed by atoms with Crippen LogP contribution >= 0.6 is 0 Å². The van der Waals surface area contributed by atoms with Crippen molar-refractivity contribution in [2.45, 2.75) is 5.60 Å². The van der Waals surface area contributed by atoms with Gasteiger partial charge in [0.2, 0.25) is 0 Å². The molecule has 0 unspecified atom stereocenters. The van der Waals surface area contributed by atoms with Gasteiger partial charge < -0.3 is 14.6 Å². The number of hydrazone groups is 1. The third-order valence-electron chi connectivity index (χ3n) is 5.11. The van der Waals surface area contributed by atoms with Crippen LogP contribution in [0.3, 0.4) is 0 Å². The van der Waals surface area contributed by atoms with Gasteiger partial charge in [-0.2, -0.15) is 5.10 Å². The standard InChI is InChI=1S/C26H20N2O5/c29-24(30)19-13-11-18(12-14-19)23-16-15-22(33-23)17-27-28-25(31)26(32,20-7-3-1-4-8-20)21-9-5-2-6-10-21/h1-17,32H,(H,28,31)(H,29,30)/b27-17-. The van der Waals surface area contributed by atoms with Crippen LogP contribution in [0.1, 0.15) is 27.2 Å². The molecule has 0 aliphatic carbocycles. The van der Waals surface area contributed by atoms with Gasteiger partial charge in [-0.1, -0.05) is 72.8 Å². The topological polar surface area (TPSA) is 112 Å². The Morgan fingerprint density at radius 3 is 1.94 bits per heavy atom. The molecule has 1 amide bonds. The van der Waals surface area contributed by atoms with E-state index in [-0.39, 0.29) is 5.56 Å². The summed E-state index contributed by atoms with van der Waals surface area (Å²) in [4.78, 5) is 24.0. The number of carbonyl (C=O) groups excluding carboxylic acids is 1. The summed E-state index contributed by atoms with van der Waals surface area (Å²) in [5.41, 5.74) is 2.16. The Morgan fingerprint density at radius 1 is 0.818 bits per heavy atom. The van der Waals surface area contributed by atoms with E-state index in [1.165, 1.54) is 18.3 Å². The van der Waals surface area contributed by atoms with E-state index >= 15 is 0 Å². The molecule has 7 heteroatoms. The number of benzene rings is 3. The molecule has 0 saturated heterocycles. The molecular weight excluding hydrogens is 420 g/mol. The van der Waals surface area contributed by atoms with Gasteiger partial charge in [-0.25, -0.2) is 10.2 Å². The maximum atomic E-state index is 13.0. The highest BCUT2D eigenvalue weighted by Crippen LogP contribution is 2.30. The molecule has 4 aromatic rings. The van der Waals surface area contributed by atoms with Gasteiger partial charge in [0, 0.05) is 5.56 Å². The van der Waals surface area contributed by atoms with Crippen molar-refractivity contribution in [3.05, 3.63) is 120 Å². The minimum atomic E-state index is -1.93. The molecule has 0 fully saturated rings. The van der Waals surface area contributed by atoms with E-state index in [2.05, 4.69) is 10.5 Å². The average molecular weight is 440 g/mol. The summed E-state index contributed by atoms with van der Waals surface area (Å²) in [6.45, 7) is 0. The fourth-order valence-electron chi connectivity index (χ4n) is 3.38. The van der Waals surface area contributed by atoms with Gasteiger partial charge in [-0.15, -0.1) is 0 Å². The quantitative estimate of drug-likeness (QED) is 0.297. The lowest BCUT2D eigenvalue weighted by molar-refractivity contribution is -0.136. The van der Waals surface area contributed by atoms with Gasteiger partial charge in [0.1, 0.15) is 11.5 Å². The SMILES string of the molecule is O=C(O)c1ccc(-c2ccc(/C=N\NC(=O)C(O)(c3ccccc3)c3ccccc3)o2)cc1. The van der Waals surface area contributed by atoms with E-state index in [1.807, 2.05) is 0 Å². The van der Waals surface area contributed by atoms with Crippen LogP contribution in [0, 0.1) is 0 Å². The highest BCUT2D eigenvalue weighted by atomic mass is 16.4. The molecule has 33 heavy (non-hydrogen) atoms. The number of aliphatic hydroxyl groups is 1. The van der Waals surface area contributed by atoms with Gasteiger partial charge >= 0.3 is 5.97 Å². The van der Waals surface area contributed by atoms with Gasteiger partial charge in [0.15, 0.2) is 5.60 Å². The van der Waals surface area contributed by atoms with Crippen LogP contribution in [0.25, 0.3) is 11.3 Å². The highest BCUT2D eigenvalue weighted by Gasteiger charge is 2.39. The minimum Gasteiger partial charge on any atom is -0.478 e.